The van der Waals surface area contributed by atoms with Crippen LogP contribution in [0.15, 0.2) is 18.3 Å². The first-order valence-electron chi connectivity index (χ1n) is 4.25. The number of aliphatic hydroxyl groups is 1. The Morgan fingerprint density at radius 3 is 2.67 bits per heavy atom. The number of pyridine rings is 1. The SMILES string of the molecule is OC(CCC(F)(F)F)c1ncccc1Cl. The molecule has 1 N–H and O–H groups in total. The summed E-state index contributed by atoms with van der Waals surface area (Å²) >= 11 is 5.67. The highest BCUT2D eigenvalue weighted by molar-refractivity contribution is 6.31. The molecule has 0 saturated carbocycles. The number of alkyl halides is 3. The molecule has 0 amide bonds. The molecular weight excluding hydrogens is 231 g/mol. The van der Waals surface area contributed by atoms with Crippen LogP contribution in [0.3, 0.4) is 0 Å². The van der Waals surface area contributed by atoms with Gasteiger partial charge in [0.05, 0.1) is 16.8 Å². The molecule has 15 heavy (non-hydrogen) atoms. The van der Waals surface area contributed by atoms with Crippen LogP contribution < -0.4 is 0 Å². The lowest BCUT2D eigenvalue weighted by molar-refractivity contribution is -0.140. The Bertz CT molecular complexity index is 329. The third-order valence-corrected chi connectivity index (χ3v) is 2.12. The van der Waals surface area contributed by atoms with Crippen molar-refractivity contribution in [2.24, 2.45) is 0 Å². The van der Waals surface area contributed by atoms with E-state index in [1.54, 1.807) is 6.07 Å². The summed E-state index contributed by atoms with van der Waals surface area (Å²) in [6.07, 6.45) is -5.66. The monoisotopic (exact) mass is 239 g/mol. The molecular formula is C9H9ClF3NO. The molecule has 1 heterocycles. The van der Waals surface area contributed by atoms with Crippen molar-refractivity contribution in [2.45, 2.75) is 25.1 Å². The summed E-state index contributed by atoms with van der Waals surface area (Å²) in [7, 11) is 0. The van der Waals surface area contributed by atoms with Gasteiger partial charge in [-0.15, -0.1) is 0 Å². The lowest BCUT2D eigenvalue weighted by Crippen LogP contribution is -2.11. The van der Waals surface area contributed by atoms with Crippen LogP contribution in [0.5, 0.6) is 0 Å². The first kappa shape index (κ1) is 12.3. The van der Waals surface area contributed by atoms with E-state index in [9.17, 15) is 18.3 Å². The average molecular weight is 240 g/mol. The highest BCUT2D eigenvalue weighted by atomic mass is 35.5. The van der Waals surface area contributed by atoms with E-state index in [0.717, 1.165) is 0 Å². The van der Waals surface area contributed by atoms with E-state index in [0.29, 0.717) is 0 Å². The summed E-state index contributed by atoms with van der Waals surface area (Å²) in [6, 6.07) is 3.02. The van der Waals surface area contributed by atoms with Crippen molar-refractivity contribution in [3.63, 3.8) is 0 Å². The lowest BCUT2D eigenvalue weighted by atomic mass is 10.1. The van der Waals surface area contributed by atoms with Gasteiger partial charge in [0.2, 0.25) is 0 Å². The van der Waals surface area contributed by atoms with Gasteiger partial charge in [-0.25, -0.2) is 0 Å². The number of rotatable bonds is 3. The van der Waals surface area contributed by atoms with Gasteiger partial charge in [0.15, 0.2) is 0 Å². The van der Waals surface area contributed by atoms with Crippen LogP contribution in [-0.2, 0) is 0 Å². The molecule has 1 unspecified atom stereocenters. The maximum absolute atomic E-state index is 11.9. The van der Waals surface area contributed by atoms with Crippen molar-refractivity contribution < 1.29 is 18.3 Å². The van der Waals surface area contributed by atoms with E-state index < -0.39 is 25.1 Å². The van der Waals surface area contributed by atoms with Crippen LogP contribution in [0.1, 0.15) is 24.6 Å². The van der Waals surface area contributed by atoms with Crippen molar-refractivity contribution >= 4 is 11.6 Å². The largest absolute Gasteiger partial charge is 0.389 e. The standard InChI is InChI=1S/C9H9ClF3NO/c10-6-2-1-5-14-8(6)7(15)3-4-9(11,12)13/h1-2,5,7,15H,3-4H2. The second kappa shape index (κ2) is 4.81. The quantitative estimate of drug-likeness (QED) is 0.879. The molecule has 0 aliphatic carbocycles. The van der Waals surface area contributed by atoms with Crippen molar-refractivity contribution in [1.82, 2.24) is 4.98 Å². The summed E-state index contributed by atoms with van der Waals surface area (Å²) in [4.78, 5) is 3.73. The Balaban J connectivity index is 2.62. The van der Waals surface area contributed by atoms with Gasteiger partial charge in [-0.3, -0.25) is 4.98 Å². The Hall–Kier alpha value is -0.810. The van der Waals surface area contributed by atoms with Crippen LogP contribution in [0, 0.1) is 0 Å². The van der Waals surface area contributed by atoms with E-state index in [2.05, 4.69) is 4.98 Å². The van der Waals surface area contributed by atoms with Gasteiger partial charge in [0.1, 0.15) is 0 Å². The highest BCUT2D eigenvalue weighted by Gasteiger charge is 2.28. The molecule has 1 rings (SSSR count). The predicted octanol–water partition coefficient (Wildman–Crippen LogP) is 3.11. The first-order valence-corrected chi connectivity index (χ1v) is 4.63. The minimum absolute atomic E-state index is 0.0865. The van der Waals surface area contributed by atoms with Crippen molar-refractivity contribution in [3.8, 4) is 0 Å². The minimum Gasteiger partial charge on any atom is -0.387 e. The third-order valence-electron chi connectivity index (χ3n) is 1.80. The molecule has 1 aromatic heterocycles. The summed E-state index contributed by atoms with van der Waals surface area (Å²) in [6.45, 7) is 0. The second-order valence-electron chi connectivity index (χ2n) is 3.04. The molecule has 0 saturated heterocycles. The molecule has 0 aliphatic heterocycles. The summed E-state index contributed by atoms with van der Waals surface area (Å²) < 4.78 is 35.6. The third kappa shape index (κ3) is 4.05. The second-order valence-corrected chi connectivity index (χ2v) is 3.45. The summed E-state index contributed by atoms with van der Waals surface area (Å²) in [5.74, 6) is 0. The molecule has 1 aromatic rings. The van der Waals surface area contributed by atoms with E-state index in [-0.39, 0.29) is 10.7 Å². The average Bonchev–Trinajstić information content (AvgIpc) is 2.14. The normalized spacial score (nSPS) is 13.9. The fourth-order valence-electron chi connectivity index (χ4n) is 1.08. The molecule has 2 nitrogen and oxygen atoms in total. The van der Waals surface area contributed by atoms with Gasteiger partial charge < -0.3 is 5.11 Å². The Morgan fingerprint density at radius 1 is 1.47 bits per heavy atom. The highest BCUT2D eigenvalue weighted by Crippen LogP contribution is 2.29. The zero-order valence-electron chi connectivity index (χ0n) is 7.63. The molecule has 0 bridgehead atoms. The fourth-order valence-corrected chi connectivity index (χ4v) is 1.33. The van der Waals surface area contributed by atoms with Crippen LogP contribution in [0.4, 0.5) is 13.2 Å². The van der Waals surface area contributed by atoms with Gasteiger partial charge in [0.25, 0.3) is 0 Å². The fraction of sp³-hybridized carbons (Fsp3) is 0.444. The molecule has 6 heteroatoms. The smallest absolute Gasteiger partial charge is 0.387 e. The van der Waals surface area contributed by atoms with E-state index >= 15 is 0 Å². The Labute approximate surface area is 89.7 Å². The van der Waals surface area contributed by atoms with Crippen molar-refractivity contribution in [3.05, 3.63) is 29.0 Å². The lowest BCUT2D eigenvalue weighted by Gasteiger charge is -2.12. The topological polar surface area (TPSA) is 33.1 Å². The first-order chi connectivity index (χ1) is 6.90. The Morgan fingerprint density at radius 2 is 2.13 bits per heavy atom. The molecule has 0 spiro atoms. The van der Waals surface area contributed by atoms with Gasteiger partial charge in [-0.05, 0) is 18.6 Å². The van der Waals surface area contributed by atoms with Crippen molar-refractivity contribution in [1.29, 1.82) is 0 Å². The van der Waals surface area contributed by atoms with Crippen molar-refractivity contribution in [2.75, 3.05) is 0 Å². The maximum Gasteiger partial charge on any atom is 0.389 e. The van der Waals surface area contributed by atoms with E-state index in [4.69, 9.17) is 11.6 Å². The van der Waals surface area contributed by atoms with Gasteiger partial charge in [-0.2, -0.15) is 13.2 Å². The number of aromatic nitrogens is 1. The summed E-state index contributed by atoms with van der Waals surface area (Å²) in [5, 5.41) is 9.59. The number of aliphatic hydroxyl groups excluding tert-OH is 1. The molecule has 84 valence electrons. The predicted molar refractivity (Wildman–Crippen MR) is 49.5 cm³/mol. The molecule has 1 atom stereocenters. The number of hydrogen-bond donors (Lipinski definition) is 1. The van der Waals surface area contributed by atoms with Crippen LogP contribution in [0.2, 0.25) is 5.02 Å². The maximum atomic E-state index is 11.9. The number of halogens is 4. The molecule has 0 aliphatic rings. The molecule has 0 fully saturated rings. The molecule has 0 radical (unpaired) electrons. The Kier molecular flexibility index (Phi) is 3.93. The van der Waals surface area contributed by atoms with Crippen LogP contribution in [-0.4, -0.2) is 16.3 Å². The minimum atomic E-state index is -4.28. The van der Waals surface area contributed by atoms with E-state index in [1.807, 2.05) is 0 Å². The zero-order valence-corrected chi connectivity index (χ0v) is 8.39. The summed E-state index contributed by atoms with van der Waals surface area (Å²) in [5.41, 5.74) is 0.0865. The van der Waals surface area contributed by atoms with Gasteiger partial charge >= 0.3 is 6.18 Å². The van der Waals surface area contributed by atoms with Crippen LogP contribution >= 0.6 is 11.6 Å². The van der Waals surface area contributed by atoms with E-state index in [1.165, 1.54) is 12.3 Å². The van der Waals surface area contributed by atoms with Gasteiger partial charge in [-0.1, -0.05) is 11.6 Å². The van der Waals surface area contributed by atoms with Gasteiger partial charge in [0, 0.05) is 12.6 Å². The zero-order chi connectivity index (χ0) is 11.5. The van der Waals surface area contributed by atoms with Crippen LogP contribution in [0.25, 0.3) is 0 Å². The number of hydrogen-bond acceptors (Lipinski definition) is 2. The number of nitrogens with zero attached hydrogens (tertiary/aromatic N) is 1. The molecule has 0 aromatic carbocycles.